The van der Waals surface area contributed by atoms with Gasteiger partial charge >= 0.3 is 0 Å². The van der Waals surface area contributed by atoms with Crippen LogP contribution in [0.25, 0.3) is 0 Å². The van der Waals surface area contributed by atoms with Gasteiger partial charge in [0.05, 0.1) is 0 Å². The quantitative estimate of drug-likeness (QED) is 0.484. The number of carbonyl (C=O) groups is 2. The molecule has 4 heteroatoms. The second-order valence-corrected chi connectivity index (χ2v) is 6.33. The van der Waals surface area contributed by atoms with Gasteiger partial charge in [0.1, 0.15) is 0 Å². The molecule has 0 fully saturated rings. The van der Waals surface area contributed by atoms with E-state index in [1.165, 1.54) is 0 Å². The lowest BCUT2D eigenvalue weighted by Gasteiger charge is -2.30. The predicted molar refractivity (Wildman–Crippen MR) is 65.4 cm³/mol. The van der Waals surface area contributed by atoms with E-state index in [-0.39, 0.29) is 15.2 Å². The molecule has 0 aliphatic heterocycles. The minimum absolute atomic E-state index is 0.0785. The van der Waals surface area contributed by atoms with E-state index < -0.39 is 5.41 Å². The fourth-order valence-electron chi connectivity index (χ4n) is 1.66. The van der Waals surface area contributed by atoms with Crippen LogP contribution in [-0.2, 0) is 4.79 Å². The molecule has 0 spiro atoms. The van der Waals surface area contributed by atoms with Gasteiger partial charge in [-0.25, -0.2) is 0 Å². The van der Waals surface area contributed by atoms with Gasteiger partial charge in [0, 0.05) is 28.0 Å². The summed E-state index contributed by atoms with van der Waals surface area (Å²) < 4.78 is -0.324. The standard InChI is InChI=1S/C10H18INO2/c1-9(2,3)6-10(4,5)7(13)12-8(11)14/h6H2,1-5H3,(H,12,13,14). The van der Waals surface area contributed by atoms with Gasteiger partial charge in [0.25, 0.3) is 3.91 Å². The highest BCUT2D eigenvalue weighted by atomic mass is 127. The first-order valence-corrected chi connectivity index (χ1v) is 5.63. The number of hydrogen-bond donors (Lipinski definition) is 1. The normalized spacial score (nSPS) is 12.4. The molecule has 0 aromatic heterocycles. The summed E-state index contributed by atoms with van der Waals surface area (Å²) in [6, 6.07) is 0. The molecule has 0 heterocycles. The Morgan fingerprint density at radius 2 is 1.57 bits per heavy atom. The largest absolute Gasteiger partial charge is 0.287 e. The van der Waals surface area contributed by atoms with Crippen molar-refractivity contribution in [1.29, 1.82) is 0 Å². The van der Waals surface area contributed by atoms with E-state index in [1.54, 1.807) is 22.6 Å². The molecule has 0 atom stereocenters. The molecule has 82 valence electrons. The first-order valence-electron chi connectivity index (χ1n) is 4.55. The summed E-state index contributed by atoms with van der Waals surface area (Å²) in [6.45, 7) is 9.94. The van der Waals surface area contributed by atoms with Gasteiger partial charge in [-0.3, -0.25) is 14.9 Å². The topological polar surface area (TPSA) is 46.2 Å². The molecule has 3 nitrogen and oxygen atoms in total. The van der Waals surface area contributed by atoms with Crippen molar-refractivity contribution in [2.45, 2.75) is 41.0 Å². The van der Waals surface area contributed by atoms with E-state index in [0.29, 0.717) is 0 Å². The lowest BCUT2D eigenvalue weighted by Crippen LogP contribution is -2.40. The van der Waals surface area contributed by atoms with Crippen LogP contribution in [-0.4, -0.2) is 9.82 Å². The summed E-state index contributed by atoms with van der Waals surface area (Å²) in [5, 5.41) is 2.31. The third-order valence-electron chi connectivity index (χ3n) is 1.80. The molecule has 0 saturated heterocycles. The number of nitrogens with one attached hydrogen (secondary N) is 1. The monoisotopic (exact) mass is 311 g/mol. The maximum Gasteiger partial charge on any atom is 0.287 e. The van der Waals surface area contributed by atoms with Gasteiger partial charge in [-0.2, -0.15) is 0 Å². The summed E-state index contributed by atoms with van der Waals surface area (Å²) in [5.74, 6) is -0.202. The Kier molecular flexibility index (Phi) is 4.55. The molecule has 1 N–H and O–H groups in total. The molecule has 0 aromatic rings. The molecular formula is C10H18INO2. The van der Waals surface area contributed by atoms with E-state index in [1.807, 2.05) is 13.8 Å². The van der Waals surface area contributed by atoms with Crippen molar-refractivity contribution < 1.29 is 9.59 Å². The van der Waals surface area contributed by atoms with Crippen molar-refractivity contribution in [2.75, 3.05) is 0 Å². The maximum absolute atomic E-state index is 11.6. The molecule has 0 saturated carbocycles. The molecule has 0 radical (unpaired) electrons. The fraction of sp³-hybridized carbons (Fsp3) is 0.800. The Balaban J connectivity index is 4.46. The highest BCUT2D eigenvalue weighted by molar-refractivity contribution is 14.1. The summed E-state index contributed by atoms with van der Waals surface area (Å²) in [5.41, 5.74) is -0.422. The van der Waals surface area contributed by atoms with Crippen LogP contribution in [0.15, 0.2) is 0 Å². The third kappa shape index (κ3) is 5.57. The maximum atomic E-state index is 11.6. The minimum Gasteiger partial charge on any atom is -0.287 e. The van der Waals surface area contributed by atoms with Gasteiger partial charge < -0.3 is 0 Å². The van der Waals surface area contributed by atoms with Gasteiger partial charge in [0.2, 0.25) is 5.91 Å². The zero-order valence-electron chi connectivity index (χ0n) is 9.40. The second-order valence-electron chi connectivity index (χ2n) is 5.35. The van der Waals surface area contributed by atoms with E-state index >= 15 is 0 Å². The molecule has 0 aliphatic carbocycles. The van der Waals surface area contributed by atoms with Crippen molar-refractivity contribution >= 4 is 32.4 Å². The number of rotatable bonds is 2. The number of imide groups is 1. The molecule has 0 bridgehead atoms. The average Bonchev–Trinajstić information content (AvgIpc) is 1.78. The SMILES string of the molecule is CC(C)(C)CC(C)(C)C(=O)NC(=O)I. The Morgan fingerprint density at radius 1 is 1.14 bits per heavy atom. The molecule has 0 rings (SSSR count). The molecule has 0 aliphatic rings. The lowest BCUT2D eigenvalue weighted by molar-refractivity contribution is -0.129. The smallest absolute Gasteiger partial charge is 0.287 e. The van der Waals surface area contributed by atoms with Crippen LogP contribution in [0, 0.1) is 10.8 Å². The minimum atomic E-state index is -0.501. The van der Waals surface area contributed by atoms with Crippen molar-refractivity contribution in [3.8, 4) is 0 Å². The average molecular weight is 311 g/mol. The summed E-state index contributed by atoms with van der Waals surface area (Å²) in [4.78, 5) is 22.3. The van der Waals surface area contributed by atoms with Gasteiger partial charge in [0.15, 0.2) is 0 Å². The summed E-state index contributed by atoms with van der Waals surface area (Å²) in [7, 11) is 0. The Hall–Kier alpha value is -0.130. The lowest BCUT2D eigenvalue weighted by atomic mass is 9.76. The molecule has 14 heavy (non-hydrogen) atoms. The zero-order chi connectivity index (χ0) is 11.6. The highest BCUT2D eigenvalue weighted by Gasteiger charge is 2.32. The Labute approximate surface area is 99.2 Å². The van der Waals surface area contributed by atoms with Crippen molar-refractivity contribution in [3.63, 3.8) is 0 Å². The summed E-state index contributed by atoms with van der Waals surface area (Å²) >= 11 is 1.56. The predicted octanol–water partition coefficient (Wildman–Crippen LogP) is 3.12. The van der Waals surface area contributed by atoms with Crippen molar-refractivity contribution in [1.82, 2.24) is 5.32 Å². The van der Waals surface area contributed by atoms with Crippen LogP contribution in [0.3, 0.4) is 0 Å². The van der Waals surface area contributed by atoms with Crippen LogP contribution in [0.2, 0.25) is 0 Å². The molecular weight excluding hydrogens is 293 g/mol. The number of hydrogen-bond acceptors (Lipinski definition) is 2. The van der Waals surface area contributed by atoms with Crippen molar-refractivity contribution in [3.05, 3.63) is 0 Å². The highest BCUT2D eigenvalue weighted by Crippen LogP contribution is 2.33. The molecule has 0 aromatic carbocycles. The van der Waals surface area contributed by atoms with E-state index in [4.69, 9.17) is 0 Å². The van der Waals surface area contributed by atoms with E-state index in [2.05, 4.69) is 26.1 Å². The van der Waals surface area contributed by atoms with Gasteiger partial charge in [-0.15, -0.1) is 0 Å². The first kappa shape index (κ1) is 13.9. The Morgan fingerprint density at radius 3 is 1.86 bits per heavy atom. The van der Waals surface area contributed by atoms with E-state index in [9.17, 15) is 9.59 Å². The third-order valence-corrected chi connectivity index (χ3v) is 2.07. The van der Waals surface area contributed by atoms with Crippen LogP contribution in [0.5, 0.6) is 0 Å². The molecule has 2 amide bonds. The Bertz CT molecular complexity index is 241. The number of halogens is 1. The van der Waals surface area contributed by atoms with Crippen molar-refractivity contribution in [2.24, 2.45) is 10.8 Å². The van der Waals surface area contributed by atoms with E-state index in [0.717, 1.165) is 6.42 Å². The van der Waals surface area contributed by atoms with Crippen LogP contribution >= 0.6 is 22.6 Å². The molecule has 0 unspecified atom stereocenters. The summed E-state index contributed by atoms with van der Waals surface area (Å²) in [6.07, 6.45) is 0.746. The first-order chi connectivity index (χ1) is 6.04. The number of amides is 2. The fourth-order valence-corrected chi connectivity index (χ4v) is 1.91. The van der Waals surface area contributed by atoms with Gasteiger partial charge in [-0.1, -0.05) is 34.6 Å². The zero-order valence-corrected chi connectivity index (χ0v) is 11.6. The number of carbonyl (C=O) groups excluding carboxylic acids is 2. The second kappa shape index (κ2) is 4.59. The van der Waals surface area contributed by atoms with Crippen LogP contribution in [0.1, 0.15) is 41.0 Å². The van der Waals surface area contributed by atoms with Gasteiger partial charge in [-0.05, 0) is 11.8 Å². The van der Waals surface area contributed by atoms with Crippen LogP contribution < -0.4 is 5.32 Å². The van der Waals surface area contributed by atoms with Crippen LogP contribution in [0.4, 0.5) is 4.79 Å².